The predicted molar refractivity (Wildman–Crippen MR) is 84.3 cm³/mol. The molecule has 2 atom stereocenters. The minimum absolute atomic E-state index is 0.0185. The average Bonchev–Trinajstić information content (AvgIpc) is 2.79. The van der Waals surface area contributed by atoms with Gasteiger partial charge < -0.3 is 20.1 Å². The Morgan fingerprint density at radius 2 is 2.09 bits per heavy atom. The van der Waals surface area contributed by atoms with E-state index in [9.17, 15) is 9.59 Å². The second-order valence-electron chi connectivity index (χ2n) is 6.03. The van der Waals surface area contributed by atoms with E-state index in [0.717, 1.165) is 23.5 Å². The van der Waals surface area contributed by atoms with Gasteiger partial charge in [0.1, 0.15) is 0 Å². The molecule has 1 saturated heterocycles. The molecule has 0 aromatic heterocycles. The van der Waals surface area contributed by atoms with Crippen LogP contribution in [0.1, 0.15) is 37.8 Å². The zero-order valence-corrected chi connectivity index (χ0v) is 13.3. The van der Waals surface area contributed by atoms with Crippen LogP contribution >= 0.6 is 0 Å². The van der Waals surface area contributed by atoms with Crippen molar-refractivity contribution in [3.05, 3.63) is 23.8 Å². The molecule has 0 aliphatic carbocycles. The van der Waals surface area contributed by atoms with E-state index in [1.807, 2.05) is 25.1 Å². The summed E-state index contributed by atoms with van der Waals surface area (Å²) in [4.78, 5) is 23.5. The van der Waals surface area contributed by atoms with Crippen LogP contribution in [0.4, 0.5) is 0 Å². The fraction of sp³-hybridized carbons (Fsp3) is 0.529. The van der Waals surface area contributed by atoms with Crippen molar-refractivity contribution in [3.8, 4) is 11.5 Å². The van der Waals surface area contributed by atoms with E-state index in [4.69, 9.17) is 9.47 Å². The molecule has 1 fully saturated rings. The molecule has 23 heavy (non-hydrogen) atoms. The smallest absolute Gasteiger partial charge is 0.225 e. The van der Waals surface area contributed by atoms with Crippen molar-refractivity contribution in [3.63, 3.8) is 0 Å². The number of piperidine rings is 1. The monoisotopic (exact) mass is 318 g/mol. The lowest BCUT2D eigenvalue weighted by molar-refractivity contribution is -0.129. The molecule has 2 amide bonds. The van der Waals surface area contributed by atoms with E-state index in [-0.39, 0.29) is 23.8 Å². The van der Waals surface area contributed by atoms with Crippen LogP contribution in [0.2, 0.25) is 0 Å². The predicted octanol–water partition coefficient (Wildman–Crippen LogP) is 1.55. The number of rotatable bonds is 3. The fourth-order valence-electron chi connectivity index (χ4n) is 2.82. The normalized spacial score (nSPS) is 21.8. The van der Waals surface area contributed by atoms with Gasteiger partial charge >= 0.3 is 0 Å². The first-order chi connectivity index (χ1) is 11.1. The molecular weight excluding hydrogens is 296 g/mol. The van der Waals surface area contributed by atoms with Crippen molar-refractivity contribution in [1.82, 2.24) is 10.6 Å². The van der Waals surface area contributed by atoms with E-state index in [1.54, 1.807) is 0 Å². The lowest BCUT2D eigenvalue weighted by Crippen LogP contribution is -2.43. The van der Waals surface area contributed by atoms with Gasteiger partial charge in [-0.15, -0.1) is 0 Å². The maximum Gasteiger partial charge on any atom is 0.225 e. The first-order valence-electron chi connectivity index (χ1n) is 8.10. The number of amides is 2. The molecule has 0 bridgehead atoms. The molecule has 0 saturated carbocycles. The Morgan fingerprint density at radius 1 is 1.30 bits per heavy atom. The molecule has 0 unspecified atom stereocenters. The first-order valence-corrected chi connectivity index (χ1v) is 8.10. The number of hydrogen-bond donors (Lipinski definition) is 2. The van der Waals surface area contributed by atoms with Crippen molar-refractivity contribution in [2.24, 2.45) is 5.92 Å². The third-order valence-corrected chi connectivity index (χ3v) is 4.27. The second kappa shape index (κ2) is 6.89. The standard InChI is InChI=1S/C17H22N2O4/c1-11(19-17(21)13-4-6-16(20)18-10-13)12-3-5-14-15(9-12)23-8-2-7-22-14/h3,5,9,11,13H,2,4,6-8,10H2,1H3,(H,18,20)(H,19,21)/t11-,13-/m1/s1. The zero-order chi connectivity index (χ0) is 16.2. The number of hydrogen-bond acceptors (Lipinski definition) is 4. The summed E-state index contributed by atoms with van der Waals surface area (Å²) in [7, 11) is 0. The molecule has 0 radical (unpaired) electrons. The van der Waals surface area contributed by atoms with Gasteiger partial charge in [0.25, 0.3) is 0 Å². The molecule has 6 heteroatoms. The zero-order valence-electron chi connectivity index (χ0n) is 13.3. The van der Waals surface area contributed by atoms with Gasteiger partial charge in [-0.25, -0.2) is 0 Å². The Morgan fingerprint density at radius 3 is 2.83 bits per heavy atom. The summed E-state index contributed by atoms with van der Waals surface area (Å²) in [5, 5.41) is 5.75. The maximum absolute atomic E-state index is 12.3. The SMILES string of the molecule is C[C@@H](NC(=O)[C@@H]1CCC(=O)NC1)c1ccc2c(c1)OCCCO2. The molecule has 1 aromatic rings. The summed E-state index contributed by atoms with van der Waals surface area (Å²) in [5.41, 5.74) is 0.974. The van der Waals surface area contributed by atoms with E-state index in [2.05, 4.69) is 10.6 Å². The number of carbonyl (C=O) groups excluding carboxylic acids is 2. The van der Waals surface area contributed by atoms with Crippen molar-refractivity contribution >= 4 is 11.8 Å². The second-order valence-corrected chi connectivity index (χ2v) is 6.03. The van der Waals surface area contributed by atoms with Gasteiger partial charge in [-0.2, -0.15) is 0 Å². The molecular formula is C17H22N2O4. The van der Waals surface area contributed by atoms with Crippen LogP contribution in [0.15, 0.2) is 18.2 Å². The minimum Gasteiger partial charge on any atom is -0.490 e. The third kappa shape index (κ3) is 3.75. The van der Waals surface area contributed by atoms with Gasteiger partial charge in [-0.05, 0) is 31.0 Å². The Bertz CT molecular complexity index is 592. The quantitative estimate of drug-likeness (QED) is 0.886. The highest BCUT2D eigenvalue weighted by molar-refractivity contribution is 5.83. The van der Waals surface area contributed by atoms with Gasteiger partial charge in [-0.3, -0.25) is 9.59 Å². The lowest BCUT2D eigenvalue weighted by Gasteiger charge is -2.24. The van der Waals surface area contributed by atoms with Gasteiger partial charge in [0.15, 0.2) is 11.5 Å². The number of carbonyl (C=O) groups is 2. The van der Waals surface area contributed by atoms with Crippen molar-refractivity contribution < 1.29 is 19.1 Å². The van der Waals surface area contributed by atoms with Crippen molar-refractivity contribution in [1.29, 1.82) is 0 Å². The molecule has 124 valence electrons. The highest BCUT2D eigenvalue weighted by Crippen LogP contribution is 2.32. The minimum atomic E-state index is -0.157. The Hall–Kier alpha value is -2.24. The third-order valence-electron chi connectivity index (χ3n) is 4.27. The number of nitrogens with one attached hydrogen (secondary N) is 2. The van der Waals surface area contributed by atoms with E-state index in [1.165, 1.54) is 0 Å². The van der Waals surface area contributed by atoms with E-state index in [0.29, 0.717) is 32.6 Å². The highest BCUT2D eigenvalue weighted by atomic mass is 16.5. The Kier molecular flexibility index (Phi) is 4.69. The fourth-order valence-corrected chi connectivity index (χ4v) is 2.82. The van der Waals surface area contributed by atoms with Gasteiger partial charge in [0, 0.05) is 19.4 Å². The molecule has 6 nitrogen and oxygen atoms in total. The van der Waals surface area contributed by atoms with Gasteiger partial charge in [0.05, 0.1) is 25.2 Å². The van der Waals surface area contributed by atoms with Crippen molar-refractivity contribution in [2.45, 2.75) is 32.2 Å². The average molecular weight is 318 g/mol. The van der Waals surface area contributed by atoms with Crippen LogP contribution < -0.4 is 20.1 Å². The van der Waals surface area contributed by atoms with Gasteiger partial charge in [0.2, 0.25) is 11.8 Å². The molecule has 2 heterocycles. The van der Waals surface area contributed by atoms with Crippen LogP contribution in [0.5, 0.6) is 11.5 Å². The molecule has 3 rings (SSSR count). The summed E-state index contributed by atoms with van der Waals surface area (Å²) in [6.07, 6.45) is 1.88. The van der Waals surface area contributed by atoms with E-state index >= 15 is 0 Å². The molecule has 2 aliphatic heterocycles. The summed E-state index contributed by atoms with van der Waals surface area (Å²) in [5.74, 6) is 1.32. The number of ether oxygens (including phenoxy) is 2. The summed E-state index contributed by atoms with van der Waals surface area (Å²) >= 11 is 0. The molecule has 2 N–H and O–H groups in total. The van der Waals surface area contributed by atoms with Crippen LogP contribution in [0, 0.1) is 5.92 Å². The van der Waals surface area contributed by atoms with Gasteiger partial charge in [-0.1, -0.05) is 6.07 Å². The summed E-state index contributed by atoms with van der Waals surface area (Å²) in [6.45, 7) is 3.65. The van der Waals surface area contributed by atoms with Crippen LogP contribution in [0.3, 0.4) is 0 Å². The Labute approximate surface area is 135 Å². The highest BCUT2D eigenvalue weighted by Gasteiger charge is 2.25. The summed E-state index contributed by atoms with van der Waals surface area (Å²) < 4.78 is 11.3. The first kappa shape index (κ1) is 15.6. The Balaban J connectivity index is 1.63. The maximum atomic E-state index is 12.3. The topological polar surface area (TPSA) is 76.7 Å². The van der Waals surface area contributed by atoms with Crippen LogP contribution in [-0.4, -0.2) is 31.6 Å². The largest absolute Gasteiger partial charge is 0.490 e. The molecule has 0 spiro atoms. The lowest BCUT2D eigenvalue weighted by atomic mass is 9.97. The van der Waals surface area contributed by atoms with Crippen molar-refractivity contribution in [2.75, 3.05) is 19.8 Å². The van der Waals surface area contributed by atoms with E-state index < -0.39 is 0 Å². The number of benzene rings is 1. The number of fused-ring (bicyclic) bond motifs is 1. The van der Waals surface area contributed by atoms with Crippen LogP contribution in [0.25, 0.3) is 0 Å². The van der Waals surface area contributed by atoms with Crippen LogP contribution in [-0.2, 0) is 9.59 Å². The molecule has 1 aromatic carbocycles. The molecule has 2 aliphatic rings. The summed E-state index contributed by atoms with van der Waals surface area (Å²) in [6, 6.07) is 5.63.